The summed E-state index contributed by atoms with van der Waals surface area (Å²) in [5.41, 5.74) is 3.08. The quantitative estimate of drug-likeness (QED) is 0.214. The van der Waals surface area contributed by atoms with Crippen molar-refractivity contribution in [1.82, 2.24) is 4.90 Å². The van der Waals surface area contributed by atoms with Crippen LogP contribution in [0, 0.1) is 18.8 Å². The molecule has 2 amide bonds. The van der Waals surface area contributed by atoms with Crippen LogP contribution in [0.4, 0.5) is 16.2 Å². The number of amides is 2. The largest absolute Gasteiger partial charge is 0.508 e. The van der Waals surface area contributed by atoms with Gasteiger partial charge in [-0.05, 0) is 63.5 Å². The van der Waals surface area contributed by atoms with E-state index in [1.54, 1.807) is 43.3 Å². The lowest BCUT2D eigenvalue weighted by Crippen LogP contribution is -2.65. The minimum absolute atomic E-state index is 0.0394. The topological polar surface area (TPSA) is 203 Å². The van der Waals surface area contributed by atoms with Crippen LogP contribution in [0.1, 0.15) is 23.1 Å². The molecule has 0 aliphatic heterocycles. The molecule has 0 aromatic heterocycles. The predicted octanol–water partition coefficient (Wildman–Crippen LogP) is 1.95. The number of nitrogens with zero attached hydrogens (tertiary/aromatic N) is 2. The summed E-state index contributed by atoms with van der Waals surface area (Å²) in [6.45, 7) is 1.88. The Morgan fingerprint density at radius 3 is 2.27 bits per heavy atom. The van der Waals surface area contributed by atoms with Gasteiger partial charge in [0, 0.05) is 31.3 Å². The number of Topliss-reactive ketones (excluding diaryl/α,β-unsaturated/α-hetero) is 2. The number of aliphatic hydroxyl groups is 3. The van der Waals surface area contributed by atoms with Gasteiger partial charge in [0.1, 0.15) is 22.8 Å². The van der Waals surface area contributed by atoms with Crippen molar-refractivity contribution in [3.63, 3.8) is 0 Å². The first-order valence-electron chi connectivity index (χ1n) is 13.9. The number of anilines is 2. The van der Waals surface area contributed by atoms with Gasteiger partial charge in [-0.2, -0.15) is 0 Å². The first-order valence-corrected chi connectivity index (χ1v) is 13.9. The highest BCUT2D eigenvalue weighted by molar-refractivity contribution is 6.24. The summed E-state index contributed by atoms with van der Waals surface area (Å²) in [6.07, 6.45) is -0.859. The number of carbonyl (C=O) groups is 4. The standard InChI is InChI=1S/C31H34N4O9/c1-13-6-8-15(9-7-13)44-30(42)33-18-12-19(34(2)3)16-10-14-11-17-23(35(4)5)26(38)22(29(32)41)28(40)31(17,43)27(39)20(14)25(37)21(16)24(18)36/h6-9,12,14,17,23,36-37,40,43H,10-11H2,1-5H3,(H2,32,41)(H,33,42). The van der Waals surface area contributed by atoms with Gasteiger partial charge < -0.3 is 35.8 Å². The molecule has 0 heterocycles. The molecule has 232 valence electrons. The fourth-order valence-corrected chi connectivity index (χ4v) is 6.63. The third kappa shape index (κ3) is 4.55. The molecule has 13 heteroatoms. The Bertz CT molecular complexity index is 1680. The number of carbonyl (C=O) groups excluding carboxylic acids is 4. The van der Waals surface area contributed by atoms with Crippen LogP contribution in [0.15, 0.2) is 47.2 Å². The highest BCUT2D eigenvalue weighted by atomic mass is 16.6. The molecular weight excluding hydrogens is 572 g/mol. The summed E-state index contributed by atoms with van der Waals surface area (Å²) in [4.78, 5) is 55.4. The van der Waals surface area contributed by atoms with E-state index in [2.05, 4.69) is 5.32 Å². The summed E-state index contributed by atoms with van der Waals surface area (Å²) >= 11 is 0. The molecule has 0 saturated heterocycles. The maximum Gasteiger partial charge on any atom is 0.417 e. The van der Waals surface area contributed by atoms with Gasteiger partial charge in [0.05, 0.1) is 17.3 Å². The number of phenols is 1. The molecule has 4 atom stereocenters. The van der Waals surface area contributed by atoms with Crippen molar-refractivity contribution >= 4 is 40.7 Å². The molecule has 0 bridgehead atoms. The molecule has 1 fully saturated rings. The number of ether oxygens (including phenoxy) is 1. The molecule has 2 aromatic rings. The van der Waals surface area contributed by atoms with E-state index in [1.165, 1.54) is 25.1 Å². The van der Waals surface area contributed by atoms with Gasteiger partial charge in [-0.15, -0.1) is 0 Å². The molecule has 13 nitrogen and oxygen atoms in total. The van der Waals surface area contributed by atoms with E-state index >= 15 is 0 Å². The van der Waals surface area contributed by atoms with Crippen molar-refractivity contribution in [2.75, 3.05) is 38.4 Å². The maximum absolute atomic E-state index is 14.1. The molecule has 0 spiro atoms. The predicted molar refractivity (Wildman–Crippen MR) is 159 cm³/mol. The second kappa shape index (κ2) is 10.7. The van der Waals surface area contributed by atoms with Gasteiger partial charge >= 0.3 is 6.09 Å². The van der Waals surface area contributed by atoms with Gasteiger partial charge in [-0.25, -0.2) is 4.79 Å². The number of nitrogens with one attached hydrogen (secondary N) is 1. The average Bonchev–Trinajstić information content (AvgIpc) is 2.93. The number of aryl methyl sites for hydroxylation is 1. The second-order valence-electron chi connectivity index (χ2n) is 11.8. The number of likely N-dealkylation sites (N-methyl/N-ethyl adjacent to an activating group) is 1. The zero-order chi connectivity index (χ0) is 32.4. The lowest BCUT2D eigenvalue weighted by molar-refractivity contribution is -0.153. The van der Waals surface area contributed by atoms with E-state index in [0.29, 0.717) is 11.3 Å². The van der Waals surface area contributed by atoms with Gasteiger partial charge in [0.2, 0.25) is 5.78 Å². The normalized spacial score (nSPS) is 24.5. The highest BCUT2D eigenvalue weighted by Gasteiger charge is 2.64. The third-order valence-electron chi connectivity index (χ3n) is 8.65. The first kappa shape index (κ1) is 30.6. The maximum atomic E-state index is 14.1. The van der Waals surface area contributed by atoms with Crippen molar-refractivity contribution in [2.24, 2.45) is 17.6 Å². The number of phenolic OH excluding ortho intramolecular Hbond substituents is 1. The van der Waals surface area contributed by atoms with E-state index in [1.807, 2.05) is 6.92 Å². The Hall–Kier alpha value is -4.88. The zero-order valence-corrected chi connectivity index (χ0v) is 24.8. The fourth-order valence-electron chi connectivity index (χ4n) is 6.63. The van der Waals surface area contributed by atoms with Gasteiger partial charge in [0.15, 0.2) is 17.1 Å². The van der Waals surface area contributed by atoms with Crippen LogP contribution >= 0.6 is 0 Å². The summed E-state index contributed by atoms with van der Waals surface area (Å²) < 4.78 is 5.32. The number of primary amides is 1. The molecule has 7 N–H and O–H groups in total. The number of hydrogen-bond acceptors (Lipinski definition) is 11. The number of nitrogens with two attached hydrogens (primary N) is 1. The number of aliphatic hydroxyl groups excluding tert-OH is 2. The Morgan fingerprint density at radius 2 is 1.70 bits per heavy atom. The van der Waals surface area contributed by atoms with E-state index < -0.39 is 69.9 Å². The number of ketones is 2. The molecule has 5 rings (SSSR count). The Kier molecular flexibility index (Phi) is 7.42. The van der Waals surface area contributed by atoms with Crippen LogP contribution < -0.4 is 20.7 Å². The molecule has 1 saturated carbocycles. The molecule has 0 radical (unpaired) electrons. The van der Waals surface area contributed by atoms with Crippen molar-refractivity contribution in [2.45, 2.75) is 31.4 Å². The second-order valence-corrected chi connectivity index (χ2v) is 11.8. The first-order chi connectivity index (χ1) is 20.6. The SMILES string of the molecule is Cc1ccc(OC(=O)Nc2cc(N(C)C)c3c(c2O)C(O)=C2C(=O)C4(O)C(O)=C(C(N)=O)C(=O)C(N(C)C)C4CC2C3)cc1. The summed E-state index contributed by atoms with van der Waals surface area (Å²) in [5.74, 6) is -7.31. The lowest BCUT2D eigenvalue weighted by atomic mass is 9.57. The van der Waals surface area contributed by atoms with Crippen LogP contribution in [0.3, 0.4) is 0 Å². The van der Waals surface area contributed by atoms with E-state index in [4.69, 9.17) is 10.5 Å². The van der Waals surface area contributed by atoms with Crippen LogP contribution in [-0.4, -0.2) is 88.7 Å². The monoisotopic (exact) mass is 606 g/mol. The fraction of sp³-hybridized carbons (Fsp3) is 0.355. The lowest BCUT2D eigenvalue weighted by Gasteiger charge is -2.50. The van der Waals surface area contributed by atoms with Crippen molar-refractivity contribution in [3.05, 3.63) is 63.9 Å². The number of benzene rings is 2. The Labute approximate surface area is 252 Å². The molecule has 2 aromatic carbocycles. The zero-order valence-electron chi connectivity index (χ0n) is 24.8. The van der Waals surface area contributed by atoms with Gasteiger partial charge in [-0.3, -0.25) is 24.6 Å². The van der Waals surface area contributed by atoms with Crippen LogP contribution in [0.5, 0.6) is 11.5 Å². The van der Waals surface area contributed by atoms with E-state index in [-0.39, 0.29) is 35.4 Å². The Balaban J connectivity index is 1.63. The summed E-state index contributed by atoms with van der Waals surface area (Å²) in [7, 11) is 6.51. The molecule has 3 aliphatic rings. The van der Waals surface area contributed by atoms with Crippen molar-refractivity contribution in [3.8, 4) is 11.5 Å². The van der Waals surface area contributed by atoms with E-state index in [9.17, 15) is 39.6 Å². The van der Waals surface area contributed by atoms with Gasteiger partial charge in [0.25, 0.3) is 5.91 Å². The smallest absolute Gasteiger partial charge is 0.417 e. The number of fused-ring (bicyclic) bond motifs is 3. The van der Waals surface area contributed by atoms with Crippen molar-refractivity contribution < 1.29 is 44.3 Å². The average molecular weight is 607 g/mol. The van der Waals surface area contributed by atoms with Gasteiger partial charge in [-0.1, -0.05) is 17.7 Å². The highest BCUT2D eigenvalue weighted by Crippen LogP contribution is 2.54. The Morgan fingerprint density at radius 1 is 1.07 bits per heavy atom. The van der Waals surface area contributed by atoms with Crippen LogP contribution in [-0.2, 0) is 20.8 Å². The van der Waals surface area contributed by atoms with Crippen LogP contribution in [0.2, 0.25) is 0 Å². The number of aromatic hydroxyl groups is 1. The van der Waals surface area contributed by atoms with Crippen LogP contribution in [0.25, 0.3) is 5.76 Å². The minimum Gasteiger partial charge on any atom is -0.508 e. The third-order valence-corrected chi connectivity index (χ3v) is 8.65. The number of rotatable bonds is 5. The number of hydrogen-bond donors (Lipinski definition) is 6. The molecule has 3 aliphatic carbocycles. The molecule has 44 heavy (non-hydrogen) atoms. The van der Waals surface area contributed by atoms with E-state index in [0.717, 1.165) is 5.56 Å². The molecular formula is C31H34N4O9. The summed E-state index contributed by atoms with van der Waals surface area (Å²) in [6, 6.07) is 7.04. The molecule has 4 unspecified atom stereocenters. The minimum atomic E-state index is -2.75. The van der Waals surface area contributed by atoms with Crippen molar-refractivity contribution in [1.29, 1.82) is 0 Å². The summed E-state index contributed by atoms with van der Waals surface area (Å²) in [5, 5.41) is 48.2.